The fourth-order valence-corrected chi connectivity index (χ4v) is 9.65. The number of rotatable bonds is 6. The second kappa shape index (κ2) is 16.5. The molecular weight excluding hydrogens is 843 g/mol. The molecule has 0 aliphatic rings. The molecule has 1 N–H and O–H groups in total. The zero-order valence-corrected chi connectivity index (χ0v) is 42.2. The number of para-hydroxylation sites is 2. The minimum atomic E-state index is -0.332. The van der Waals surface area contributed by atoms with Gasteiger partial charge in [0.2, 0.25) is 0 Å². The third-order valence-corrected chi connectivity index (χ3v) is 13.8. The van der Waals surface area contributed by atoms with Crippen LogP contribution in [-0.2, 0) is 21.7 Å². The first-order chi connectivity index (χ1) is 32.6. The molecule has 3 heterocycles. The van der Waals surface area contributed by atoms with E-state index in [1.54, 1.807) is 0 Å². The van der Waals surface area contributed by atoms with Crippen molar-refractivity contribution in [1.29, 1.82) is 0 Å². The first-order valence-corrected chi connectivity index (χ1v) is 24.3. The lowest BCUT2D eigenvalue weighted by atomic mass is 9.79. The first kappa shape index (κ1) is 45.5. The van der Waals surface area contributed by atoms with Gasteiger partial charge >= 0.3 is 0 Å². The van der Waals surface area contributed by atoms with Crippen LogP contribution in [0.3, 0.4) is 0 Å². The fraction of sp³-hybridized carbons (Fsp3) is 0.250. The Kier molecular flexibility index (Phi) is 10.9. The molecule has 5 heteroatoms. The Labute approximate surface area is 407 Å². The van der Waals surface area contributed by atoms with Crippen LogP contribution in [-0.4, -0.2) is 19.6 Å². The van der Waals surface area contributed by atoms with Gasteiger partial charge in [0.05, 0.1) is 28.0 Å². The number of hydrogen-bond donors (Lipinski definition) is 1. The second-order valence-corrected chi connectivity index (χ2v) is 23.0. The quantitative estimate of drug-likeness (QED) is 0.181. The lowest BCUT2D eigenvalue weighted by molar-refractivity contribution is 0.446. The maximum atomic E-state index is 12.6. The Morgan fingerprint density at radius 2 is 1.10 bits per heavy atom. The highest BCUT2D eigenvalue weighted by Gasteiger charge is 2.30. The van der Waals surface area contributed by atoms with Crippen LogP contribution in [0.15, 0.2) is 162 Å². The van der Waals surface area contributed by atoms with E-state index < -0.39 is 0 Å². The summed E-state index contributed by atoms with van der Waals surface area (Å²) in [6.07, 6.45) is 1.91. The molecule has 7 aromatic carbocycles. The summed E-state index contributed by atoms with van der Waals surface area (Å²) in [6.45, 7) is 26.8. The van der Waals surface area contributed by atoms with Crippen molar-refractivity contribution in [3.8, 4) is 67.5 Å². The lowest BCUT2D eigenvalue weighted by Gasteiger charge is -2.28. The zero-order valence-electron chi connectivity index (χ0n) is 42.2. The van der Waals surface area contributed by atoms with E-state index in [0.717, 1.165) is 94.4 Å². The van der Waals surface area contributed by atoms with Gasteiger partial charge in [-0.25, -0.2) is 4.98 Å². The molecule has 0 spiro atoms. The smallest absolute Gasteiger partial charge is 0.149 e. The van der Waals surface area contributed by atoms with Crippen molar-refractivity contribution < 1.29 is 9.52 Å². The molecule has 0 aliphatic heterocycles. The zero-order chi connectivity index (χ0) is 48.8. The van der Waals surface area contributed by atoms with E-state index in [1.807, 2.05) is 18.3 Å². The predicted molar refractivity (Wildman–Crippen MR) is 290 cm³/mol. The number of nitrogens with zero attached hydrogens (tertiary/aromatic N) is 3. The Morgan fingerprint density at radius 3 is 1.83 bits per heavy atom. The molecule has 3 aromatic heterocycles. The van der Waals surface area contributed by atoms with Crippen LogP contribution >= 0.6 is 0 Å². The molecule has 0 atom stereocenters. The highest BCUT2D eigenvalue weighted by Crippen LogP contribution is 2.46. The number of furan rings is 1. The van der Waals surface area contributed by atoms with Gasteiger partial charge in [0.15, 0.2) is 0 Å². The minimum Gasteiger partial charge on any atom is -0.507 e. The fourth-order valence-electron chi connectivity index (χ4n) is 9.65. The number of aromatic hydroxyl groups is 1. The second-order valence-electron chi connectivity index (χ2n) is 23.0. The molecule has 10 rings (SSSR count). The number of hydrogen-bond acceptors (Lipinski definition) is 4. The van der Waals surface area contributed by atoms with Crippen molar-refractivity contribution in [3.05, 3.63) is 180 Å². The van der Waals surface area contributed by atoms with Crippen LogP contribution in [0.25, 0.3) is 94.7 Å². The van der Waals surface area contributed by atoms with Crippen molar-refractivity contribution in [2.24, 2.45) is 0 Å². The third-order valence-electron chi connectivity index (χ3n) is 13.8. The Hall–Kier alpha value is -7.24. The molecular formula is C64H63N3O2. The molecule has 0 bridgehead atoms. The Morgan fingerprint density at radius 1 is 0.449 bits per heavy atom. The van der Waals surface area contributed by atoms with Gasteiger partial charge in [-0.05, 0) is 127 Å². The Bertz CT molecular complexity index is 3600. The van der Waals surface area contributed by atoms with Crippen LogP contribution in [0, 0.1) is 0 Å². The molecule has 0 fully saturated rings. The molecule has 0 aliphatic carbocycles. The van der Waals surface area contributed by atoms with Crippen LogP contribution in [0.1, 0.15) is 105 Å². The maximum absolute atomic E-state index is 12.6. The van der Waals surface area contributed by atoms with Gasteiger partial charge in [0.25, 0.3) is 0 Å². The van der Waals surface area contributed by atoms with E-state index in [9.17, 15) is 5.11 Å². The number of benzene rings is 7. The summed E-state index contributed by atoms with van der Waals surface area (Å²) in [5.41, 5.74) is 17.2. The van der Waals surface area contributed by atoms with Crippen LogP contribution in [0.2, 0.25) is 0 Å². The van der Waals surface area contributed by atoms with Crippen molar-refractivity contribution in [2.45, 2.75) is 105 Å². The Balaban J connectivity index is 1.22. The number of imidazole rings is 1. The van der Waals surface area contributed by atoms with Crippen molar-refractivity contribution in [3.63, 3.8) is 0 Å². The monoisotopic (exact) mass is 905 g/mol. The summed E-state index contributed by atoms with van der Waals surface area (Å²) in [7, 11) is 0. The van der Waals surface area contributed by atoms with Gasteiger partial charge in [-0.2, -0.15) is 0 Å². The topological polar surface area (TPSA) is 64.1 Å². The molecule has 346 valence electrons. The molecule has 0 amide bonds. The summed E-state index contributed by atoms with van der Waals surface area (Å²) in [6, 6.07) is 54.1. The molecule has 5 nitrogen and oxygen atoms in total. The van der Waals surface area contributed by atoms with Gasteiger partial charge in [-0.1, -0.05) is 168 Å². The molecule has 69 heavy (non-hydrogen) atoms. The van der Waals surface area contributed by atoms with Crippen LogP contribution in [0.5, 0.6) is 5.75 Å². The average Bonchev–Trinajstić information content (AvgIpc) is 3.89. The standard InChI is InChI=1S/C64H63N3O2/c1-61(2,3)44-26-28-54(50(36-44)39-19-14-13-15-20-39)67-55-23-18-22-47(58(55)66-60(67)51-37-46(63(7,8)9)38-52(59(51)68)64(10,11)12)42-31-43(33-45(32-42)62(4,5)6)53-34-41(29-30-65-53)40-25-27-49-48-21-16-17-24-56(48)69-57(49)35-40/h13-38,68H,1-12H3. The highest BCUT2D eigenvalue weighted by atomic mass is 16.3. The number of pyridine rings is 1. The largest absolute Gasteiger partial charge is 0.507 e. The van der Waals surface area contributed by atoms with Gasteiger partial charge in [-0.3, -0.25) is 9.55 Å². The van der Waals surface area contributed by atoms with Crippen molar-refractivity contribution >= 4 is 33.0 Å². The lowest BCUT2D eigenvalue weighted by Crippen LogP contribution is -2.17. The summed E-state index contributed by atoms with van der Waals surface area (Å²) in [5, 5.41) is 14.8. The molecule has 0 saturated carbocycles. The minimum absolute atomic E-state index is 0.0811. The van der Waals surface area contributed by atoms with Gasteiger partial charge in [0, 0.05) is 39.2 Å². The molecule has 0 saturated heterocycles. The summed E-state index contributed by atoms with van der Waals surface area (Å²) >= 11 is 0. The molecule has 0 unspecified atom stereocenters. The number of phenolic OH excluding ortho intramolecular Hbond substituents is 1. The van der Waals surface area contributed by atoms with Gasteiger partial charge in [-0.15, -0.1) is 0 Å². The van der Waals surface area contributed by atoms with Crippen LogP contribution < -0.4 is 0 Å². The van der Waals surface area contributed by atoms with Crippen molar-refractivity contribution in [1.82, 2.24) is 14.5 Å². The summed E-state index contributed by atoms with van der Waals surface area (Å²) < 4.78 is 8.60. The normalized spacial score (nSPS) is 12.7. The number of aromatic nitrogens is 3. The maximum Gasteiger partial charge on any atom is 0.149 e. The molecule has 0 radical (unpaired) electrons. The molecule has 10 aromatic rings. The summed E-state index contributed by atoms with van der Waals surface area (Å²) in [5.74, 6) is 0.943. The van der Waals surface area contributed by atoms with Crippen LogP contribution in [0.4, 0.5) is 0 Å². The van der Waals surface area contributed by atoms with E-state index in [2.05, 4.69) is 227 Å². The van der Waals surface area contributed by atoms with E-state index >= 15 is 0 Å². The average molecular weight is 906 g/mol. The van der Waals surface area contributed by atoms with Gasteiger partial charge < -0.3 is 9.52 Å². The van der Waals surface area contributed by atoms with Crippen molar-refractivity contribution in [2.75, 3.05) is 0 Å². The SMILES string of the molecule is CC(C)(C)c1cc(-c2cc(-c3ccc4c(c3)oc3ccccc34)ccn2)cc(-c2cccc3c2nc(-c2cc(C(C)(C)C)cc(C(C)(C)C)c2O)n3-c2ccc(C(C)(C)C)cc2-c2ccccc2)c1. The highest BCUT2D eigenvalue weighted by molar-refractivity contribution is 6.06. The van der Waals surface area contributed by atoms with E-state index in [1.165, 1.54) is 11.1 Å². The van der Waals surface area contributed by atoms with E-state index in [4.69, 9.17) is 14.4 Å². The van der Waals surface area contributed by atoms with E-state index in [0.29, 0.717) is 11.4 Å². The number of fused-ring (bicyclic) bond motifs is 4. The van der Waals surface area contributed by atoms with Gasteiger partial charge in [0.1, 0.15) is 22.7 Å². The first-order valence-electron chi connectivity index (χ1n) is 24.3. The number of phenols is 1. The summed E-state index contributed by atoms with van der Waals surface area (Å²) in [4.78, 5) is 10.7. The van der Waals surface area contributed by atoms with E-state index in [-0.39, 0.29) is 27.4 Å². The predicted octanol–water partition coefficient (Wildman–Crippen LogP) is 17.6. The third kappa shape index (κ3) is 8.43.